The summed E-state index contributed by atoms with van der Waals surface area (Å²) in [6.07, 6.45) is 2.50. The summed E-state index contributed by atoms with van der Waals surface area (Å²) in [5.74, 6) is -0.903. The Morgan fingerprint density at radius 2 is 1.53 bits per heavy atom. The Bertz CT molecular complexity index is 2630. The minimum atomic E-state index is -0.954. The number of aliphatic hydroxyl groups excluding tert-OH is 1. The standard InChI is InChI=1S/C54H76ClN11O10S2/c1-34(36-10-12-37(13-11-36)47-35(2)60-33-77-47)61-50(71)40-30-38(67)32-66(40)52(72)48(53(3,4)5)64-45(70)16-22-73-24-26-75-28-29-76-27-25-74-23-19-58-43(68)14-15-44(69)62-39-8-7-9-41(46(39)55)78-51-49(56)63-42(31-59-51)65-20-17-54(6,57)18-21-65/h7-13,31,33-34,38,40,48,67H,14-30,32,57H2,1-6H3,(H2,56,63)(H,58,68)(H,61,71)(H,62,69)(H,64,70). The van der Waals surface area contributed by atoms with Gasteiger partial charge in [-0.1, -0.05) is 74.5 Å². The number of piperidine rings is 1. The number of aliphatic hydroxyl groups is 1. The maximum Gasteiger partial charge on any atom is 0.246 e. The number of ether oxygens (including phenoxy) is 4. The number of nitrogens with zero attached hydrogens (tertiary/aromatic N) is 5. The molecule has 6 rings (SSSR count). The van der Waals surface area contributed by atoms with Crippen molar-refractivity contribution in [2.24, 2.45) is 11.1 Å². The monoisotopic (exact) mass is 1140 g/mol. The minimum Gasteiger partial charge on any atom is -0.391 e. The van der Waals surface area contributed by atoms with E-state index in [0.29, 0.717) is 52.9 Å². The summed E-state index contributed by atoms with van der Waals surface area (Å²) in [5, 5.41) is 22.8. The number of likely N-dealkylation sites (tertiary alicyclic amines) is 1. The van der Waals surface area contributed by atoms with Crippen molar-refractivity contribution < 1.29 is 48.0 Å². The van der Waals surface area contributed by atoms with Crippen molar-refractivity contribution in [3.63, 3.8) is 0 Å². The highest BCUT2D eigenvalue weighted by atomic mass is 35.5. The van der Waals surface area contributed by atoms with Gasteiger partial charge in [-0.2, -0.15) is 0 Å². The zero-order valence-corrected chi connectivity index (χ0v) is 47.8. The Labute approximate surface area is 470 Å². The average Bonchev–Trinajstić information content (AvgIpc) is 4.04. The summed E-state index contributed by atoms with van der Waals surface area (Å²) in [6.45, 7) is 15.3. The number of β-amino-alcohol motifs (C(OH)–C–C–N with tert-alkyl or cyclic N) is 1. The fraction of sp³-hybridized carbons (Fsp3) is 0.556. The van der Waals surface area contributed by atoms with Gasteiger partial charge in [-0.05, 0) is 62.3 Å². The maximum absolute atomic E-state index is 14.0. The molecule has 5 amide bonds. The first-order valence-electron chi connectivity index (χ1n) is 26.3. The van der Waals surface area contributed by atoms with Crippen LogP contribution < -0.4 is 37.6 Å². The maximum atomic E-state index is 14.0. The van der Waals surface area contributed by atoms with E-state index in [1.807, 2.05) is 64.4 Å². The van der Waals surface area contributed by atoms with Crippen molar-refractivity contribution in [1.82, 2.24) is 35.8 Å². The molecule has 4 atom stereocenters. The molecular formula is C54H76ClN11O10S2. The normalized spacial score (nSPS) is 17.1. The number of nitrogens with two attached hydrogens (primary N) is 2. The Hall–Kier alpha value is -5.50. The summed E-state index contributed by atoms with van der Waals surface area (Å²) in [7, 11) is 0. The van der Waals surface area contributed by atoms with Gasteiger partial charge < -0.3 is 66.6 Å². The average molecular weight is 1140 g/mol. The first-order valence-corrected chi connectivity index (χ1v) is 28.4. The van der Waals surface area contributed by atoms with Crippen LogP contribution in [0.3, 0.4) is 0 Å². The molecule has 4 aromatic rings. The lowest BCUT2D eigenvalue weighted by Gasteiger charge is -2.37. The SMILES string of the molecule is Cc1ncsc1-c1ccc(C(C)NC(=O)C2CC(O)CN2C(=O)C(NC(=O)CCOCCOCCOCCOCCNC(=O)CCC(=O)Nc2cccc(Sc3ncc(N4CCC(C)(N)CC4)nc3N)c2Cl)C(C)(C)C)cc1. The fourth-order valence-electron chi connectivity index (χ4n) is 8.62. The number of carbonyl (C=O) groups is 5. The van der Waals surface area contributed by atoms with Gasteiger partial charge in [0.2, 0.25) is 29.5 Å². The highest BCUT2D eigenvalue weighted by Gasteiger charge is 2.44. The molecule has 0 aliphatic carbocycles. The predicted molar refractivity (Wildman–Crippen MR) is 301 cm³/mol. The number of halogens is 1. The molecule has 2 fully saturated rings. The quantitative estimate of drug-likeness (QED) is 0.0356. The summed E-state index contributed by atoms with van der Waals surface area (Å²) in [4.78, 5) is 84.5. The number of thiazole rings is 1. The molecule has 2 aliphatic rings. The Kier molecular flexibility index (Phi) is 23.4. The van der Waals surface area contributed by atoms with Gasteiger partial charge in [0.15, 0.2) is 5.82 Å². The molecule has 2 aliphatic heterocycles. The zero-order chi connectivity index (χ0) is 56.4. The number of aromatic nitrogens is 3. The van der Waals surface area contributed by atoms with Crippen molar-refractivity contribution in [2.45, 2.75) is 120 Å². The number of hydrogen-bond donors (Lipinski definition) is 7. The van der Waals surface area contributed by atoms with Crippen molar-refractivity contribution in [3.05, 3.63) is 70.5 Å². The van der Waals surface area contributed by atoms with E-state index in [2.05, 4.69) is 48.0 Å². The lowest BCUT2D eigenvalue weighted by molar-refractivity contribution is -0.144. The van der Waals surface area contributed by atoms with Crippen LogP contribution in [0.4, 0.5) is 17.3 Å². The number of amides is 5. The summed E-state index contributed by atoms with van der Waals surface area (Å²) >= 11 is 9.48. The second-order valence-corrected chi connectivity index (χ2v) is 23.0. The molecule has 2 aromatic carbocycles. The highest BCUT2D eigenvalue weighted by Crippen LogP contribution is 2.39. The number of rotatable bonds is 28. The fourth-order valence-corrected chi connectivity index (χ4v) is 10.5. The van der Waals surface area contributed by atoms with Crippen molar-refractivity contribution >= 4 is 81.6 Å². The molecule has 426 valence electrons. The number of nitrogens with one attached hydrogen (secondary N) is 4. The van der Waals surface area contributed by atoms with Crippen LogP contribution in [0.2, 0.25) is 5.02 Å². The number of benzene rings is 2. The highest BCUT2D eigenvalue weighted by molar-refractivity contribution is 7.99. The van der Waals surface area contributed by atoms with E-state index < -0.39 is 29.5 Å². The van der Waals surface area contributed by atoms with E-state index >= 15 is 0 Å². The number of nitrogen functional groups attached to an aromatic ring is 1. The van der Waals surface area contributed by atoms with Crippen LogP contribution in [0.15, 0.2) is 64.1 Å². The second-order valence-electron chi connectivity index (χ2n) is 20.8. The Balaban J connectivity index is 0.768. The molecule has 24 heteroatoms. The summed E-state index contributed by atoms with van der Waals surface area (Å²) in [5.41, 5.74) is 16.8. The number of anilines is 3. The van der Waals surface area contributed by atoms with E-state index in [4.69, 9.17) is 42.0 Å². The van der Waals surface area contributed by atoms with Gasteiger partial charge in [-0.3, -0.25) is 24.0 Å². The summed E-state index contributed by atoms with van der Waals surface area (Å²) in [6, 6.07) is 10.9. The first kappa shape index (κ1) is 61.7. The topological polar surface area (TPSA) is 288 Å². The molecule has 2 aromatic heterocycles. The zero-order valence-electron chi connectivity index (χ0n) is 45.4. The number of carbonyl (C=O) groups excluding carboxylic acids is 5. The van der Waals surface area contributed by atoms with Gasteiger partial charge in [0.25, 0.3) is 0 Å². The van der Waals surface area contributed by atoms with E-state index in [-0.39, 0.29) is 106 Å². The van der Waals surface area contributed by atoms with E-state index in [1.165, 1.54) is 16.7 Å². The van der Waals surface area contributed by atoms with Gasteiger partial charge in [0.05, 0.1) is 98.0 Å². The molecule has 2 saturated heterocycles. The van der Waals surface area contributed by atoms with E-state index in [1.54, 1.807) is 35.7 Å². The minimum absolute atomic E-state index is 0.00141. The molecular weight excluding hydrogens is 1060 g/mol. The van der Waals surface area contributed by atoms with Crippen LogP contribution in [-0.4, -0.2) is 157 Å². The largest absolute Gasteiger partial charge is 0.391 e. The third kappa shape index (κ3) is 18.8. The van der Waals surface area contributed by atoms with Gasteiger partial charge in [0, 0.05) is 62.3 Å². The van der Waals surface area contributed by atoms with Crippen LogP contribution in [0.1, 0.15) is 90.4 Å². The number of aryl methyl sites for hydroxylation is 1. The van der Waals surface area contributed by atoms with Crippen molar-refractivity contribution in [2.75, 3.05) is 95.0 Å². The molecule has 21 nitrogen and oxygen atoms in total. The molecule has 0 spiro atoms. The van der Waals surface area contributed by atoms with Crippen LogP contribution in [-0.2, 0) is 42.9 Å². The summed E-state index contributed by atoms with van der Waals surface area (Å²) < 4.78 is 22.2. The van der Waals surface area contributed by atoms with Crippen molar-refractivity contribution in [1.29, 1.82) is 0 Å². The molecule has 0 radical (unpaired) electrons. The predicted octanol–water partition coefficient (Wildman–Crippen LogP) is 5.27. The third-order valence-corrected chi connectivity index (χ3v) is 15.8. The second kappa shape index (κ2) is 29.6. The Morgan fingerprint density at radius 3 is 2.15 bits per heavy atom. The third-order valence-electron chi connectivity index (χ3n) is 13.2. The van der Waals surface area contributed by atoms with Crippen molar-refractivity contribution in [3.8, 4) is 10.4 Å². The van der Waals surface area contributed by atoms with E-state index in [9.17, 15) is 29.1 Å². The van der Waals surface area contributed by atoms with Gasteiger partial charge in [0.1, 0.15) is 22.9 Å². The number of hydrogen-bond acceptors (Lipinski definition) is 18. The lowest BCUT2D eigenvalue weighted by Crippen LogP contribution is -2.58. The molecule has 0 bridgehead atoms. The molecule has 4 unspecified atom stereocenters. The smallest absolute Gasteiger partial charge is 0.246 e. The van der Waals surface area contributed by atoms with Gasteiger partial charge in [-0.15, -0.1) is 11.3 Å². The van der Waals surface area contributed by atoms with Crippen LogP contribution in [0, 0.1) is 12.3 Å². The van der Waals surface area contributed by atoms with Crippen LogP contribution in [0.25, 0.3) is 10.4 Å². The lowest BCUT2D eigenvalue weighted by atomic mass is 9.85. The first-order chi connectivity index (χ1) is 37.2. The van der Waals surface area contributed by atoms with Crippen LogP contribution >= 0.6 is 34.7 Å². The molecule has 78 heavy (non-hydrogen) atoms. The molecule has 4 heterocycles. The van der Waals surface area contributed by atoms with E-state index in [0.717, 1.165) is 47.6 Å². The van der Waals surface area contributed by atoms with Gasteiger partial charge in [-0.25, -0.2) is 15.0 Å². The molecule has 9 N–H and O–H groups in total. The van der Waals surface area contributed by atoms with Crippen LogP contribution in [0.5, 0.6) is 0 Å². The van der Waals surface area contributed by atoms with Gasteiger partial charge >= 0.3 is 0 Å². The Morgan fingerprint density at radius 1 is 0.885 bits per heavy atom. The molecule has 0 saturated carbocycles.